The molecule has 0 aliphatic rings. The van der Waals surface area contributed by atoms with Gasteiger partial charge in [-0.1, -0.05) is 12.1 Å². The molecule has 0 bridgehead atoms. The molecule has 0 fully saturated rings. The van der Waals surface area contributed by atoms with E-state index in [1.165, 1.54) is 18.3 Å². The fraction of sp³-hybridized carbons (Fsp3) is 0.143. The van der Waals surface area contributed by atoms with Gasteiger partial charge in [0.15, 0.2) is 10.7 Å². The van der Waals surface area contributed by atoms with Gasteiger partial charge in [-0.3, -0.25) is 0 Å². The van der Waals surface area contributed by atoms with E-state index in [1.54, 1.807) is 4.72 Å². The second-order valence-electron chi connectivity index (χ2n) is 5.04. The van der Waals surface area contributed by atoms with Crippen molar-refractivity contribution in [3.63, 3.8) is 0 Å². The largest absolute Gasteiger partial charge is 0.408 e. The van der Waals surface area contributed by atoms with Crippen molar-refractivity contribution in [2.45, 2.75) is 17.2 Å². The first-order chi connectivity index (χ1) is 11.7. The molecule has 1 unspecified atom stereocenters. The summed E-state index contributed by atoms with van der Waals surface area (Å²) in [5, 5.41) is 3.22. The molecule has 6 nitrogen and oxygen atoms in total. The van der Waals surface area contributed by atoms with Gasteiger partial charge in [-0.05, 0) is 29.8 Å². The summed E-state index contributed by atoms with van der Waals surface area (Å²) in [6.45, 7) is 0. The van der Waals surface area contributed by atoms with Gasteiger partial charge in [0, 0.05) is 6.20 Å². The molecule has 1 aromatic carbocycles. The highest BCUT2D eigenvalue weighted by molar-refractivity contribution is 7.89. The maximum absolute atomic E-state index is 13.3. The fourth-order valence-corrected chi connectivity index (χ4v) is 3.45. The fourth-order valence-electron chi connectivity index (χ4n) is 2.19. The Kier molecular flexibility index (Phi) is 4.21. The number of nitrogens with zero attached hydrogens (tertiary/aromatic N) is 3. The van der Waals surface area contributed by atoms with Gasteiger partial charge < -0.3 is 0 Å². The maximum atomic E-state index is 13.3. The Balaban J connectivity index is 2.02. The normalized spacial score (nSPS) is 13.9. The minimum Gasteiger partial charge on any atom is -0.234 e. The van der Waals surface area contributed by atoms with Crippen molar-refractivity contribution in [2.24, 2.45) is 0 Å². The average Bonchev–Trinajstić information content (AvgIpc) is 2.97. The molecule has 2 heterocycles. The molecule has 1 N–H and O–H groups in total. The Bertz CT molecular complexity index is 1000. The molecular formula is C14H10F4N4O2S. The Morgan fingerprint density at radius 2 is 1.80 bits per heavy atom. The first-order valence-corrected chi connectivity index (χ1v) is 8.30. The lowest BCUT2D eigenvalue weighted by atomic mass is 10.1. The molecule has 0 amide bonds. The number of rotatable bonds is 4. The van der Waals surface area contributed by atoms with E-state index in [0.29, 0.717) is 0 Å². The van der Waals surface area contributed by atoms with Crippen LogP contribution >= 0.6 is 0 Å². The summed E-state index contributed by atoms with van der Waals surface area (Å²) < 4.78 is 80.3. The van der Waals surface area contributed by atoms with Crippen molar-refractivity contribution in [2.75, 3.05) is 0 Å². The van der Waals surface area contributed by atoms with Gasteiger partial charge in [0.05, 0.1) is 6.20 Å². The lowest BCUT2D eigenvalue weighted by Gasteiger charge is -2.21. The molecule has 3 rings (SSSR count). The Labute approximate surface area is 139 Å². The third-order valence-corrected chi connectivity index (χ3v) is 4.70. The molecule has 0 spiro atoms. The number of benzene rings is 1. The van der Waals surface area contributed by atoms with Crippen molar-refractivity contribution in [1.29, 1.82) is 0 Å². The summed E-state index contributed by atoms with van der Waals surface area (Å²) in [5.74, 6) is -0.737. The molecule has 0 radical (unpaired) electrons. The first kappa shape index (κ1) is 17.3. The van der Waals surface area contributed by atoms with Crippen LogP contribution in [0.3, 0.4) is 0 Å². The standard InChI is InChI=1S/C14H10F4N4O2S/c15-10-5-3-9(4-6-10)13(14(16,17)18)21-25(23,24)12-8-19-11-2-1-7-20-22(11)12/h1-8,13,21H. The van der Waals surface area contributed by atoms with Crippen LogP contribution in [0.2, 0.25) is 0 Å². The van der Waals surface area contributed by atoms with Crippen LogP contribution < -0.4 is 4.72 Å². The molecule has 0 aliphatic heterocycles. The predicted molar refractivity (Wildman–Crippen MR) is 78.5 cm³/mol. The molecule has 2 aromatic heterocycles. The summed E-state index contributed by atoms with van der Waals surface area (Å²) >= 11 is 0. The van der Waals surface area contributed by atoms with Crippen LogP contribution in [0.25, 0.3) is 5.65 Å². The zero-order valence-electron chi connectivity index (χ0n) is 12.3. The van der Waals surface area contributed by atoms with Gasteiger partial charge in [0.1, 0.15) is 11.9 Å². The van der Waals surface area contributed by atoms with Crippen LogP contribution in [0.5, 0.6) is 0 Å². The van der Waals surface area contributed by atoms with Crippen molar-refractivity contribution in [3.8, 4) is 0 Å². The second-order valence-corrected chi connectivity index (χ2v) is 6.70. The summed E-state index contributed by atoms with van der Waals surface area (Å²) in [5.41, 5.74) is -0.285. The lowest BCUT2D eigenvalue weighted by molar-refractivity contribution is -0.153. The summed E-state index contributed by atoms with van der Waals surface area (Å²) in [6.07, 6.45) is -2.75. The number of hydrogen-bond acceptors (Lipinski definition) is 4. The van der Waals surface area contributed by atoms with Crippen LogP contribution in [0, 0.1) is 5.82 Å². The van der Waals surface area contributed by atoms with E-state index in [2.05, 4.69) is 10.1 Å². The minimum atomic E-state index is -4.93. The van der Waals surface area contributed by atoms with Crippen LogP contribution in [-0.2, 0) is 10.0 Å². The van der Waals surface area contributed by atoms with E-state index in [1.807, 2.05) is 0 Å². The quantitative estimate of drug-likeness (QED) is 0.712. The Morgan fingerprint density at radius 1 is 1.12 bits per heavy atom. The second kappa shape index (κ2) is 6.08. The van der Waals surface area contributed by atoms with Crippen molar-refractivity contribution >= 4 is 15.7 Å². The van der Waals surface area contributed by atoms with Gasteiger partial charge >= 0.3 is 6.18 Å². The molecule has 25 heavy (non-hydrogen) atoms. The topological polar surface area (TPSA) is 76.4 Å². The van der Waals surface area contributed by atoms with E-state index in [4.69, 9.17) is 0 Å². The predicted octanol–water partition coefficient (Wildman–Crippen LogP) is 2.45. The zero-order valence-corrected chi connectivity index (χ0v) is 13.1. The van der Waals surface area contributed by atoms with E-state index in [-0.39, 0.29) is 5.65 Å². The number of alkyl halides is 3. The van der Waals surface area contributed by atoms with Crippen LogP contribution in [0.1, 0.15) is 11.6 Å². The highest BCUT2D eigenvalue weighted by Crippen LogP contribution is 2.34. The van der Waals surface area contributed by atoms with E-state index in [9.17, 15) is 26.0 Å². The number of nitrogens with one attached hydrogen (secondary N) is 1. The van der Waals surface area contributed by atoms with Crippen LogP contribution in [0.15, 0.2) is 53.8 Å². The van der Waals surface area contributed by atoms with Crippen molar-refractivity contribution in [3.05, 3.63) is 60.2 Å². The smallest absolute Gasteiger partial charge is 0.234 e. The number of sulfonamides is 1. The first-order valence-electron chi connectivity index (χ1n) is 6.82. The molecule has 0 saturated heterocycles. The molecule has 3 aromatic rings. The number of imidazole rings is 1. The zero-order chi connectivity index (χ0) is 18.2. The molecule has 1 atom stereocenters. The number of halogens is 4. The Morgan fingerprint density at radius 3 is 2.44 bits per heavy atom. The van der Waals surface area contributed by atoms with Gasteiger partial charge in [-0.25, -0.2) is 22.3 Å². The third kappa shape index (κ3) is 3.46. The van der Waals surface area contributed by atoms with Gasteiger partial charge in [0.2, 0.25) is 0 Å². The maximum Gasteiger partial charge on any atom is 0.408 e. The van der Waals surface area contributed by atoms with E-state index >= 15 is 0 Å². The molecule has 11 heteroatoms. The Hall–Kier alpha value is -2.53. The number of aromatic nitrogens is 3. The SMILES string of the molecule is O=S(=O)(NC(c1ccc(F)cc1)C(F)(F)F)c1cnc2cccnn12. The average molecular weight is 374 g/mol. The van der Waals surface area contributed by atoms with E-state index in [0.717, 1.165) is 35.0 Å². The minimum absolute atomic E-state index is 0.160. The number of hydrogen-bond donors (Lipinski definition) is 1. The monoisotopic (exact) mass is 374 g/mol. The van der Waals surface area contributed by atoms with Crippen LogP contribution in [-0.4, -0.2) is 29.2 Å². The summed E-state index contributed by atoms with van der Waals surface area (Å²) in [6, 6.07) is 3.77. The van der Waals surface area contributed by atoms with Crippen molar-refractivity contribution < 1.29 is 26.0 Å². The summed E-state index contributed by atoms with van der Waals surface area (Å²) in [7, 11) is -4.61. The summed E-state index contributed by atoms with van der Waals surface area (Å²) in [4.78, 5) is 3.79. The third-order valence-electron chi connectivity index (χ3n) is 3.33. The highest BCUT2D eigenvalue weighted by atomic mass is 32.2. The number of fused-ring (bicyclic) bond motifs is 1. The molecule has 132 valence electrons. The molecular weight excluding hydrogens is 364 g/mol. The van der Waals surface area contributed by atoms with Crippen molar-refractivity contribution in [1.82, 2.24) is 19.3 Å². The lowest BCUT2D eigenvalue weighted by Crippen LogP contribution is -2.38. The van der Waals surface area contributed by atoms with Gasteiger partial charge in [-0.15, -0.1) is 0 Å². The van der Waals surface area contributed by atoms with E-state index < -0.39 is 38.6 Å². The van der Waals surface area contributed by atoms with Gasteiger partial charge in [-0.2, -0.15) is 23.0 Å². The molecule has 0 aliphatic carbocycles. The highest BCUT2D eigenvalue weighted by Gasteiger charge is 2.44. The molecule has 0 saturated carbocycles. The van der Waals surface area contributed by atoms with Crippen LogP contribution in [0.4, 0.5) is 17.6 Å². The van der Waals surface area contributed by atoms with Gasteiger partial charge in [0.25, 0.3) is 10.0 Å².